The lowest BCUT2D eigenvalue weighted by Crippen LogP contribution is -2.45. The molecule has 1 saturated heterocycles. The third kappa shape index (κ3) is 6.31. The first-order valence-corrected chi connectivity index (χ1v) is 12.8. The molecule has 1 heterocycles. The van der Waals surface area contributed by atoms with Crippen LogP contribution in [0.1, 0.15) is 35.2 Å². The minimum atomic E-state index is -3.53. The van der Waals surface area contributed by atoms with Gasteiger partial charge in [0.2, 0.25) is 5.91 Å². The lowest BCUT2D eigenvalue weighted by Gasteiger charge is -2.26. The van der Waals surface area contributed by atoms with Crippen molar-refractivity contribution >= 4 is 33.3 Å². The van der Waals surface area contributed by atoms with Crippen molar-refractivity contribution in [3.63, 3.8) is 0 Å². The monoisotopic (exact) mass is 477 g/mol. The second-order valence-corrected chi connectivity index (χ2v) is 10.6. The zero-order valence-corrected chi connectivity index (χ0v) is 19.5. The van der Waals surface area contributed by atoms with Crippen LogP contribution in [0.2, 0.25) is 5.02 Å². The van der Waals surface area contributed by atoms with Crippen LogP contribution in [0.5, 0.6) is 0 Å². The maximum absolute atomic E-state index is 12.9. The predicted octanol–water partition coefficient (Wildman–Crippen LogP) is 2.42. The smallest absolute Gasteiger partial charge is 0.252 e. The number of amides is 2. The van der Waals surface area contributed by atoms with Crippen LogP contribution in [0.15, 0.2) is 53.4 Å². The van der Waals surface area contributed by atoms with Crippen LogP contribution in [0.3, 0.4) is 0 Å². The number of benzene rings is 2. The Labute approximate surface area is 193 Å². The highest BCUT2D eigenvalue weighted by atomic mass is 35.5. The number of carbonyl (C=O) groups is 2. The zero-order valence-electron chi connectivity index (χ0n) is 18.0. The summed E-state index contributed by atoms with van der Waals surface area (Å²) in [5, 5.41) is 3.43. The highest BCUT2D eigenvalue weighted by Gasteiger charge is 2.30. The first-order chi connectivity index (χ1) is 15.1. The maximum atomic E-state index is 12.9. The molecule has 32 heavy (non-hydrogen) atoms. The molecule has 1 aliphatic heterocycles. The molecule has 2 amide bonds. The van der Waals surface area contributed by atoms with Crippen LogP contribution >= 0.6 is 11.6 Å². The Morgan fingerprint density at radius 2 is 1.97 bits per heavy atom. The molecule has 0 radical (unpaired) electrons. The summed E-state index contributed by atoms with van der Waals surface area (Å²) in [7, 11) is -3.53. The van der Waals surface area contributed by atoms with E-state index in [-0.39, 0.29) is 41.4 Å². The van der Waals surface area contributed by atoms with Gasteiger partial charge in [0, 0.05) is 42.9 Å². The fraction of sp³-hybridized carbons (Fsp3) is 0.391. The summed E-state index contributed by atoms with van der Waals surface area (Å²) in [6.45, 7) is 0.870. The van der Waals surface area contributed by atoms with Crippen molar-refractivity contribution in [3.8, 4) is 0 Å². The second-order valence-electron chi connectivity index (χ2n) is 8.16. The van der Waals surface area contributed by atoms with Gasteiger partial charge in [-0.2, -0.15) is 0 Å². The number of likely N-dealkylation sites (tertiary alicyclic amines) is 1. The van der Waals surface area contributed by atoms with Gasteiger partial charge in [-0.25, -0.2) is 8.42 Å². The minimum Gasteiger partial charge on any atom is -0.350 e. The Kier molecular flexibility index (Phi) is 7.92. The van der Waals surface area contributed by atoms with Gasteiger partial charge in [-0.05, 0) is 49.1 Å². The molecule has 0 aromatic heterocycles. The first-order valence-electron chi connectivity index (χ1n) is 10.5. The Morgan fingerprint density at radius 1 is 1.22 bits per heavy atom. The molecule has 0 spiro atoms. The molecular formula is C23H28ClN3O4S. The second kappa shape index (κ2) is 10.5. The number of hydrogen-bond acceptors (Lipinski definition) is 5. The van der Waals surface area contributed by atoms with Crippen LogP contribution < -0.4 is 11.1 Å². The largest absolute Gasteiger partial charge is 0.350 e. The molecule has 0 aliphatic carbocycles. The van der Waals surface area contributed by atoms with Gasteiger partial charge in [-0.15, -0.1) is 0 Å². The van der Waals surface area contributed by atoms with Crippen LogP contribution in [0, 0.1) is 0 Å². The molecule has 3 N–H and O–H groups in total. The van der Waals surface area contributed by atoms with Gasteiger partial charge < -0.3 is 16.0 Å². The van der Waals surface area contributed by atoms with Crippen molar-refractivity contribution < 1.29 is 18.0 Å². The SMILES string of the molecule is CS(=O)(=O)c1ccccc1C(=O)NC[C@@H]1CCCN1C(=O)CC(N)Cc1cccc(Cl)c1. The standard InChI is InChI=1S/C23H28ClN3O4S/c1-32(30,31)21-10-3-2-9-20(21)23(29)26-15-19-8-5-11-27(19)22(28)14-18(25)13-16-6-4-7-17(24)12-16/h2-4,6-7,9-10,12,18-19H,5,8,11,13-15,25H2,1H3,(H,26,29)/t18?,19-/m0/s1. The molecule has 2 aromatic carbocycles. The van der Waals surface area contributed by atoms with Crippen LogP contribution in [0.25, 0.3) is 0 Å². The normalized spacial score (nSPS) is 17.2. The number of nitrogens with zero attached hydrogens (tertiary/aromatic N) is 1. The molecule has 0 bridgehead atoms. The van der Waals surface area contributed by atoms with Crippen molar-refractivity contribution in [3.05, 3.63) is 64.7 Å². The third-order valence-corrected chi connectivity index (χ3v) is 6.94. The van der Waals surface area contributed by atoms with Gasteiger partial charge in [0.15, 0.2) is 9.84 Å². The summed E-state index contributed by atoms with van der Waals surface area (Å²) in [6, 6.07) is 13.0. The first kappa shape index (κ1) is 24.2. The molecule has 3 rings (SSSR count). The molecule has 7 nitrogen and oxygen atoms in total. The average molecular weight is 478 g/mol. The van der Waals surface area contributed by atoms with E-state index < -0.39 is 15.7 Å². The number of nitrogens with one attached hydrogen (secondary N) is 1. The predicted molar refractivity (Wildman–Crippen MR) is 124 cm³/mol. The molecule has 9 heteroatoms. The van der Waals surface area contributed by atoms with Crippen LogP contribution in [0.4, 0.5) is 0 Å². The molecule has 2 aromatic rings. The van der Waals surface area contributed by atoms with E-state index in [2.05, 4.69) is 5.32 Å². The third-order valence-electron chi connectivity index (χ3n) is 5.55. The summed E-state index contributed by atoms with van der Waals surface area (Å²) in [6.07, 6.45) is 3.43. The Bertz CT molecular complexity index is 1090. The number of halogens is 1. The molecule has 172 valence electrons. The van der Waals surface area contributed by atoms with Gasteiger partial charge in [0.1, 0.15) is 0 Å². The fourth-order valence-corrected chi connectivity index (χ4v) is 5.14. The van der Waals surface area contributed by atoms with Crippen molar-refractivity contribution in [1.29, 1.82) is 0 Å². The topological polar surface area (TPSA) is 110 Å². The summed E-state index contributed by atoms with van der Waals surface area (Å²) >= 11 is 6.01. The molecule has 1 unspecified atom stereocenters. The molecule has 2 atom stereocenters. The van der Waals surface area contributed by atoms with E-state index in [0.717, 1.165) is 24.7 Å². The highest BCUT2D eigenvalue weighted by molar-refractivity contribution is 7.90. The van der Waals surface area contributed by atoms with Crippen molar-refractivity contribution in [2.45, 2.75) is 42.7 Å². The molecule has 1 aliphatic rings. The Morgan fingerprint density at radius 3 is 2.69 bits per heavy atom. The van der Waals surface area contributed by atoms with Gasteiger partial charge in [-0.3, -0.25) is 9.59 Å². The van der Waals surface area contributed by atoms with Crippen molar-refractivity contribution in [1.82, 2.24) is 10.2 Å². The van der Waals surface area contributed by atoms with E-state index in [1.807, 2.05) is 18.2 Å². The maximum Gasteiger partial charge on any atom is 0.252 e. The Hall–Kier alpha value is -2.42. The summed E-state index contributed by atoms with van der Waals surface area (Å²) in [5.41, 5.74) is 7.29. The average Bonchev–Trinajstić information content (AvgIpc) is 3.20. The van der Waals surface area contributed by atoms with Crippen molar-refractivity contribution in [2.75, 3.05) is 19.3 Å². The Balaban J connectivity index is 1.57. The zero-order chi connectivity index (χ0) is 23.3. The van der Waals surface area contributed by atoms with E-state index in [9.17, 15) is 18.0 Å². The van der Waals surface area contributed by atoms with E-state index in [4.69, 9.17) is 17.3 Å². The number of carbonyl (C=O) groups excluding carboxylic acids is 2. The van der Waals surface area contributed by atoms with Crippen LogP contribution in [-0.2, 0) is 21.1 Å². The van der Waals surface area contributed by atoms with Crippen molar-refractivity contribution in [2.24, 2.45) is 5.73 Å². The van der Waals surface area contributed by atoms with E-state index in [0.29, 0.717) is 18.0 Å². The van der Waals surface area contributed by atoms with E-state index in [1.54, 1.807) is 23.1 Å². The molecule has 1 fully saturated rings. The molecular weight excluding hydrogens is 450 g/mol. The van der Waals surface area contributed by atoms with E-state index >= 15 is 0 Å². The van der Waals surface area contributed by atoms with E-state index in [1.165, 1.54) is 12.1 Å². The summed E-state index contributed by atoms with van der Waals surface area (Å²) < 4.78 is 23.9. The van der Waals surface area contributed by atoms with Gasteiger partial charge >= 0.3 is 0 Å². The number of rotatable bonds is 8. The number of hydrogen-bond donors (Lipinski definition) is 2. The van der Waals surface area contributed by atoms with Gasteiger partial charge in [0.25, 0.3) is 5.91 Å². The number of sulfone groups is 1. The summed E-state index contributed by atoms with van der Waals surface area (Å²) in [4.78, 5) is 27.2. The van der Waals surface area contributed by atoms with Gasteiger partial charge in [0.05, 0.1) is 10.5 Å². The summed E-state index contributed by atoms with van der Waals surface area (Å²) in [5.74, 6) is -0.518. The minimum absolute atomic E-state index is 0.0103. The quantitative estimate of drug-likeness (QED) is 0.606. The van der Waals surface area contributed by atoms with Gasteiger partial charge in [-0.1, -0.05) is 35.9 Å². The van der Waals surface area contributed by atoms with Crippen LogP contribution in [-0.4, -0.2) is 56.6 Å². The highest BCUT2D eigenvalue weighted by Crippen LogP contribution is 2.20. The lowest BCUT2D eigenvalue weighted by atomic mass is 10.0. The lowest BCUT2D eigenvalue weighted by molar-refractivity contribution is -0.132. The fourth-order valence-electron chi connectivity index (χ4n) is 4.04. The number of nitrogens with two attached hydrogens (primary N) is 1. The molecule has 0 saturated carbocycles.